The normalized spacial score (nSPS) is 10.0. The Kier molecular flexibility index (Phi) is 3.49. The van der Waals surface area contributed by atoms with Crippen molar-refractivity contribution in [1.29, 1.82) is 0 Å². The predicted molar refractivity (Wildman–Crippen MR) is 66.3 cm³/mol. The molecule has 2 rings (SSSR count). The zero-order valence-corrected chi connectivity index (χ0v) is 10.2. The standard InChI is InChI=1S/C12H8BrFN2O/c13-10-2-1-7-15-11(10)16-12(17)8-3-5-9(14)6-4-8/h1-7H,(H,15,16,17). The van der Waals surface area contributed by atoms with Crippen LogP contribution in [0.3, 0.4) is 0 Å². The lowest BCUT2D eigenvalue weighted by molar-refractivity contribution is 0.102. The van der Waals surface area contributed by atoms with Gasteiger partial charge in [-0.1, -0.05) is 0 Å². The molecular weight excluding hydrogens is 287 g/mol. The highest BCUT2D eigenvalue weighted by Crippen LogP contribution is 2.19. The molecule has 2 aromatic rings. The highest BCUT2D eigenvalue weighted by atomic mass is 79.9. The molecule has 0 aliphatic carbocycles. The van der Waals surface area contributed by atoms with Gasteiger partial charge in [-0.05, 0) is 52.3 Å². The number of amides is 1. The summed E-state index contributed by atoms with van der Waals surface area (Å²) in [5.41, 5.74) is 0.379. The first kappa shape index (κ1) is 11.7. The van der Waals surface area contributed by atoms with E-state index in [1.165, 1.54) is 24.3 Å². The maximum absolute atomic E-state index is 12.7. The Morgan fingerprint density at radius 1 is 1.24 bits per heavy atom. The number of rotatable bonds is 2. The van der Waals surface area contributed by atoms with Crippen molar-refractivity contribution in [2.75, 3.05) is 5.32 Å². The number of hydrogen-bond acceptors (Lipinski definition) is 2. The van der Waals surface area contributed by atoms with Gasteiger partial charge < -0.3 is 5.32 Å². The second kappa shape index (κ2) is 5.05. The molecule has 0 radical (unpaired) electrons. The quantitative estimate of drug-likeness (QED) is 0.924. The van der Waals surface area contributed by atoms with Crippen LogP contribution in [0, 0.1) is 5.82 Å². The molecule has 86 valence electrons. The van der Waals surface area contributed by atoms with E-state index in [0.29, 0.717) is 15.9 Å². The minimum Gasteiger partial charge on any atom is -0.306 e. The third-order valence-electron chi connectivity index (χ3n) is 2.10. The lowest BCUT2D eigenvalue weighted by Crippen LogP contribution is -2.13. The molecule has 17 heavy (non-hydrogen) atoms. The highest BCUT2D eigenvalue weighted by molar-refractivity contribution is 9.10. The Morgan fingerprint density at radius 3 is 2.59 bits per heavy atom. The molecule has 0 aliphatic heterocycles. The van der Waals surface area contributed by atoms with E-state index in [0.717, 1.165) is 0 Å². The third kappa shape index (κ3) is 2.88. The molecule has 0 saturated heterocycles. The van der Waals surface area contributed by atoms with Crippen LogP contribution < -0.4 is 5.32 Å². The first-order valence-corrected chi connectivity index (χ1v) is 5.63. The van der Waals surface area contributed by atoms with E-state index in [-0.39, 0.29) is 11.7 Å². The summed E-state index contributed by atoms with van der Waals surface area (Å²) in [5.74, 6) is -0.271. The summed E-state index contributed by atoms with van der Waals surface area (Å²) in [7, 11) is 0. The molecule has 1 amide bonds. The van der Waals surface area contributed by atoms with Gasteiger partial charge in [0, 0.05) is 11.8 Å². The summed E-state index contributed by atoms with van der Waals surface area (Å²) in [6.45, 7) is 0. The van der Waals surface area contributed by atoms with Crippen LogP contribution >= 0.6 is 15.9 Å². The van der Waals surface area contributed by atoms with Crippen LogP contribution in [0.5, 0.6) is 0 Å². The monoisotopic (exact) mass is 294 g/mol. The van der Waals surface area contributed by atoms with Crippen molar-refractivity contribution >= 4 is 27.7 Å². The second-order valence-electron chi connectivity index (χ2n) is 3.29. The van der Waals surface area contributed by atoms with Crippen LogP contribution in [0.2, 0.25) is 0 Å². The van der Waals surface area contributed by atoms with Gasteiger partial charge in [0.1, 0.15) is 11.6 Å². The fraction of sp³-hybridized carbons (Fsp3) is 0. The molecule has 1 aromatic carbocycles. The van der Waals surface area contributed by atoms with E-state index < -0.39 is 0 Å². The Balaban J connectivity index is 2.17. The van der Waals surface area contributed by atoms with Gasteiger partial charge in [0.15, 0.2) is 0 Å². The van der Waals surface area contributed by atoms with Crippen molar-refractivity contribution < 1.29 is 9.18 Å². The number of nitrogens with zero attached hydrogens (tertiary/aromatic N) is 1. The van der Waals surface area contributed by atoms with E-state index >= 15 is 0 Å². The van der Waals surface area contributed by atoms with Crippen LogP contribution in [0.15, 0.2) is 47.1 Å². The van der Waals surface area contributed by atoms with Crippen molar-refractivity contribution in [1.82, 2.24) is 4.98 Å². The number of pyridine rings is 1. The molecule has 5 heteroatoms. The van der Waals surface area contributed by atoms with Gasteiger partial charge in [-0.15, -0.1) is 0 Å². The topological polar surface area (TPSA) is 42.0 Å². The molecule has 1 heterocycles. The number of carbonyl (C=O) groups excluding carboxylic acids is 1. The second-order valence-corrected chi connectivity index (χ2v) is 4.15. The highest BCUT2D eigenvalue weighted by Gasteiger charge is 2.08. The Hall–Kier alpha value is -1.75. The maximum Gasteiger partial charge on any atom is 0.256 e. The van der Waals surface area contributed by atoms with Crippen LogP contribution in [-0.4, -0.2) is 10.9 Å². The van der Waals surface area contributed by atoms with Gasteiger partial charge >= 0.3 is 0 Å². The van der Waals surface area contributed by atoms with Gasteiger partial charge in [0.25, 0.3) is 5.91 Å². The van der Waals surface area contributed by atoms with E-state index in [1.54, 1.807) is 18.3 Å². The summed E-state index contributed by atoms with van der Waals surface area (Å²) in [6, 6.07) is 8.83. The van der Waals surface area contributed by atoms with Gasteiger partial charge in [-0.25, -0.2) is 9.37 Å². The maximum atomic E-state index is 12.7. The number of anilines is 1. The number of carbonyl (C=O) groups is 1. The fourth-order valence-corrected chi connectivity index (χ4v) is 1.61. The molecule has 0 fully saturated rings. The summed E-state index contributed by atoms with van der Waals surface area (Å²) in [5, 5.41) is 2.63. The molecule has 0 bridgehead atoms. The number of nitrogens with one attached hydrogen (secondary N) is 1. The van der Waals surface area contributed by atoms with Crippen molar-refractivity contribution in [2.45, 2.75) is 0 Å². The lowest BCUT2D eigenvalue weighted by Gasteiger charge is -2.05. The molecule has 0 spiro atoms. The first-order valence-electron chi connectivity index (χ1n) is 4.84. The first-order chi connectivity index (χ1) is 8.16. The third-order valence-corrected chi connectivity index (χ3v) is 2.74. The molecule has 1 N–H and O–H groups in total. The van der Waals surface area contributed by atoms with Crippen molar-refractivity contribution in [3.8, 4) is 0 Å². The van der Waals surface area contributed by atoms with E-state index in [9.17, 15) is 9.18 Å². The molecule has 0 saturated carbocycles. The molecular formula is C12H8BrFN2O. The smallest absolute Gasteiger partial charge is 0.256 e. The molecule has 1 aromatic heterocycles. The minimum atomic E-state index is -0.374. The molecule has 0 atom stereocenters. The van der Waals surface area contributed by atoms with Gasteiger partial charge in [0.05, 0.1) is 4.47 Å². The summed E-state index contributed by atoms with van der Waals surface area (Å²) in [4.78, 5) is 15.8. The lowest BCUT2D eigenvalue weighted by atomic mass is 10.2. The largest absolute Gasteiger partial charge is 0.306 e. The van der Waals surface area contributed by atoms with Crippen LogP contribution in [-0.2, 0) is 0 Å². The summed E-state index contributed by atoms with van der Waals surface area (Å²) < 4.78 is 13.4. The van der Waals surface area contributed by atoms with Gasteiger partial charge in [0.2, 0.25) is 0 Å². The molecule has 0 unspecified atom stereocenters. The van der Waals surface area contributed by atoms with E-state index in [1.807, 2.05) is 0 Å². The van der Waals surface area contributed by atoms with Gasteiger partial charge in [-0.3, -0.25) is 4.79 Å². The predicted octanol–water partition coefficient (Wildman–Crippen LogP) is 3.24. The van der Waals surface area contributed by atoms with E-state index in [4.69, 9.17) is 0 Å². The number of halogens is 2. The van der Waals surface area contributed by atoms with Crippen LogP contribution in [0.4, 0.5) is 10.2 Å². The van der Waals surface area contributed by atoms with Crippen molar-refractivity contribution in [3.05, 3.63) is 58.4 Å². The average Bonchev–Trinajstić information content (AvgIpc) is 2.33. The Morgan fingerprint density at radius 2 is 1.94 bits per heavy atom. The Labute approximate surface area is 106 Å². The van der Waals surface area contributed by atoms with Crippen LogP contribution in [0.25, 0.3) is 0 Å². The van der Waals surface area contributed by atoms with Crippen LogP contribution in [0.1, 0.15) is 10.4 Å². The number of aromatic nitrogens is 1. The number of benzene rings is 1. The summed E-state index contributed by atoms with van der Waals surface area (Å²) >= 11 is 3.27. The van der Waals surface area contributed by atoms with Crippen molar-refractivity contribution in [2.24, 2.45) is 0 Å². The Bertz CT molecular complexity index is 542. The van der Waals surface area contributed by atoms with E-state index in [2.05, 4.69) is 26.2 Å². The van der Waals surface area contributed by atoms with Crippen molar-refractivity contribution in [3.63, 3.8) is 0 Å². The zero-order chi connectivity index (χ0) is 12.3. The van der Waals surface area contributed by atoms with Gasteiger partial charge in [-0.2, -0.15) is 0 Å². The average molecular weight is 295 g/mol. The minimum absolute atomic E-state index is 0.329. The zero-order valence-electron chi connectivity index (χ0n) is 8.65. The molecule has 3 nitrogen and oxygen atoms in total. The SMILES string of the molecule is O=C(Nc1ncccc1Br)c1ccc(F)cc1. The summed E-state index contributed by atoms with van der Waals surface area (Å²) in [6.07, 6.45) is 1.57. The molecule has 0 aliphatic rings. The number of hydrogen-bond donors (Lipinski definition) is 1. The fourth-order valence-electron chi connectivity index (χ4n) is 1.26.